The highest BCUT2D eigenvalue weighted by Crippen LogP contribution is 2.40. The van der Waals surface area contributed by atoms with Gasteiger partial charge in [-0.15, -0.1) is 0 Å². The first kappa shape index (κ1) is 25.7. The van der Waals surface area contributed by atoms with Gasteiger partial charge < -0.3 is 0 Å². The lowest BCUT2D eigenvalue weighted by Crippen LogP contribution is -2.23. The van der Waals surface area contributed by atoms with Crippen molar-refractivity contribution in [3.05, 3.63) is 69.8 Å². The first-order chi connectivity index (χ1) is 13.8. The Morgan fingerprint density at radius 1 is 0.581 bits per heavy atom. The molecular formula is C31H48. The molecule has 1 unspecified atom stereocenters. The second-order valence-electron chi connectivity index (χ2n) is 13.7. The van der Waals surface area contributed by atoms with Crippen LogP contribution in [0.25, 0.3) is 0 Å². The summed E-state index contributed by atoms with van der Waals surface area (Å²) in [5, 5.41) is 0. The minimum atomic E-state index is 0.135. The fourth-order valence-corrected chi connectivity index (χ4v) is 4.75. The fraction of sp³-hybridized carbons (Fsp3) is 0.613. The molecule has 0 heterocycles. The van der Waals surface area contributed by atoms with Gasteiger partial charge in [-0.1, -0.05) is 126 Å². The zero-order valence-electron chi connectivity index (χ0n) is 22.7. The van der Waals surface area contributed by atoms with Crippen LogP contribution < -0.4 is 0 Å². The average Bonchev–Trinajstić information content (AvgIpc) is 2.57. The molecule has 0 aliphatic carbocycles. The van der Waals surface area contributed by atoms with E-state index in [2.05, 4.69) is 126 Å². The molecule has 0 radical (unpaired) electrons. The predicted octanol–water partition coefficient (Wildman–Crippen LogP) is 9.22. The summed E-state index contributed by atoms with van der Waals surface area (Å²) in [4.78, 5) is 0. The van der Waals surface area contributed by atoms with Crippen LogP contribution in [-0.2, 0) is 28.1 Å². The summed E-state index contributed by atoms with van der Waals surface area (Å²) in [5.41, 5.74) is 9.54. The molecule has 2 aromatic carbocycles. The summed E-state index contributed by atoms with van der Waals surface area (Å²) in [5.74, 6) is 0.459. The molecule has 2 aromatic rings. The van der Waals surface area contributed by atoms with E-state index >= 15 is 0 Å². The van der Waals surface area contributed by atoms with Gasteiger partial charge in [-0.2, -0.15) is 0 Å². The van der Waals surface area contributed by atoms with Crippen molar-refractivity contribution in [2.24, 2.45) is 0 Å². The van der Waals surface area contributed by atoms with Crippen LogP contribution >= 0.6 is 0 Å². The normalized spacial score (nSPS) is 14.6. The summed E-state index contributed by atoms with van der Waals surface area (Å²) in [6.45, 7) is 30.5. The zero-order valence-corrected chi connectivity index (χ0v) is 22.7. The summed E-state index contributed by atoms with van der Waals surface area (Å²) >= 11 is 0. The Kier molecular flexibility index (Phi) is 6.98. The monoisotopic (exact) mass is 420 g/mol. The van der Waals surface area contributed by atoms with Gasteiger partial charge in [0.05, 0.1) is 0 Å². The van der Waals surface area contributed by atoms with Crippen molar-refractivity contribution in [1.82, 2.24) is 0 Å². The summed E-state index contributed by atoms with van der Waals surface area (Å²) in [6.07, 6.45) is 1.08. The molecule has 0 N–H and O–H groups in total. The summed E-state index contributed by atoms with van der Waals surface area (Å²) in [6, 6.07) is 14.2. The molecule has 0 fully saturated rings. The van der Waals surface area contributed by atoms with E-state index in [4.69, 9.17) is 0 Å². The minimum absolute atomic E-state index is 0.135. The van der Waals surface area contributed by atoms with Gasteiger partial charge in [-0.05, 0) is 67.4 Å². The molecular weight excluding hydrogens is 372 g/mol. The number of hydrogen-bond donors (Lipinski definition) is 0. The van der Waals surface area contributed by atoms with Gasteiger partial charge in [0.1, 0.15) is 0 Å². The van der Waals surface area contributed by atoms with Crippen molar-refractivity contribution in [2.45, 2.75) is 124 Å². The topological polar surface area (TPSA) is 0 Å². The smallest absolute Gasteiger partial charge is 0.0129 e. The second kappa shape index (κ2) is 8.42. The average molecular weight is 421 g/mol. The van der Waals surface area contributed by atoms with E-state index in [-0.39, 0.29) is 21.7 Å². The highest BCUT2D eigenvalue weighted by atomic mass is 14.3. The van der Waals surface area contributed by atoms with Gasteiger partial charge in [0.15, 0.2) is 0 Å². The first-order valence-corrected chi connectivity index (χ1v) is 12.1. The third-order valence-corrected chi connectivity index (χ3v) is 6.56. The molecule has 0 saturated heterocycles. The molecule has 172 valence electrons. The van der Waals surface area contributed by atoms with Crippen LogP contribution in [-0.4, -0.2) is 0 Å². The van der Waals surface area contributed by atoms with Crippen LogP contribution in [0, 0.1) is 0 Å². The lowest BCUT2D eigenvalue weighted by atomic mass is 9.72. The van der Waals surface area contributed by atoms with E-state index in [0.717, 1.165) is 6.42 Å². The molecule has 0 nitrogen and oxygen atoms in total. The SMILES string of the molecule is CC(Cc1c(C(C)(C)C)cccc1C(C)(C)C)c1cc(C(C)(C)C)ccc1C(C)(C)C. The van der Waals surface area contributed by atoms with E-state index in [1.165, 1.54) is 27.8 Å². The molecule has 0 spiro atoms. The number of hydrogen-bond acceptors (Lipinski definition) is 0. The molecule has 0 aliphatic heterocycles. The Labute approximate surface area is 193 Å². The maximum absolute atomic E-state index is 2.50. The third kappa shape index (κ3) is 6.03. The largest absolute Gasteiger partial charge is 0.0617 e. The Morgan fingerprint density at radius 2 is 1.03 bits per heavy atom. The quantitative estimate of drug-likeness (QED) is 0.464. The van der Waals surface area contributed by atoms with Gasteiger partial charge in [0, 0.05) is 0 Å². The predicted molar refractivity (Wildman–Crippen MR) is 140 cm³/mol. The molecule has 1 atom stereocenters. The summed E-state index contributed by atoms with van der Waals surface area (Å²) < 4.78 is 0. The number of rotatable bonds is 3. The Hall–Kier alpha value is -1.56. The van der Waals surface area contributed by atoms with E-state index in [1.807, 2.05) is 0 Å². The molecule has 0 saturated carbocycles. The van der Waals surface area contributed by atoms with Gasteiger partial charge in [-0.3, -0.25) is 0 Å². The zero-order chi connectivity index (χ0) is 24.0. The van der Waals surface area contributed by atoms with Crippen LogP contribution in [0.15, 0.2) is 36.4 Å². The molecule has 0 aromatic heterocycles. The standard InChI is InChI=1S/C31H48/c1-21(23-20-22(28(2,3)4)17-18-27(23)31(11,12)13)19-24-25(29(5,6)7)15-14-16-26(24)30(8,9)10/h14-18,20-21H,19H2,1-13H3. The van der Waals surface area contributed by atoms with Crippen LogP contribution in [0.3, 0.4) is 0 Å². The second-order valence-corrected chi connectivity index (χ2v) is 13.7. The highest BCUT2D eigenvalue weighted by molar-refractivity contribution is 5.46. The van der Waals surface area contributed by atoms with Crippen LogP contribution in [0.2, 0.25) is 0 Å². The lowest BCUT2D eigenvalue weighted by molar-refractivity contribution is 0.540. The Balaban J connectivity index is 2.69. The maximum atomic E-state index is 2.50. The first-order valence-electron chi connectivity index (χ1n) is 12.1. The highest BCUT2D eigenvalue weighted by Gasteiger charge is 2.29. The molecule has 31 heavy (non-hydrogen) atoms. The van der Waals surface area contributed by atoms with E-state index < -0.39 is 0 Å². The molecule has 2 rings (SSSR count). The lowest BCUT2D eigenvalue weighted by Gasteiger charge is -2.33. The summed E-state index contributed by atoms with van der Waals surface area (Å²) in [7, 11) is 0. The third-order valence-electron chi connectivity index (χ3n) is 6.56. The maximum Gasteiger partial charge on any atom is -0.0129 e. The van der Waals surface area contributed by atoms with Gasteiger partial charge in [0.25, 0.3) is 0 Å². The van der Waals surface area contributed by atoms with Crippen molar-refractivity contribution in [3.63, 3.8) is 0 Å². The van der Waals surface area contributed by atoms with E-state index in [1.54, 1.807) is 5.56 Å². The Morgan fingerprint density at radius 3 is 1.42 bits per heavy atom. The molecule has 0 heteroatoms. The molecule has 0 amide bonds. The Bertz CT molecular complexity index is 867. The van der Waals surface area contributed by atoms with Crippen molar-refractivity contribution < 1.29 is 0 Å². The van der Waals surface area contributed by atoms with Crippen LogP contribution in [0.4, 0.5) is 0 Å². The van der Waals surface area contributed by atoms with Gasteiger partial charge in [0.2, 0.25) is 0 Å². The molecule has 0 aliphatic rings. The van der Waals surface area contributed by atoms with E-state index in [9.17, 15) is 0 Å². The van der Waals surface area contributed by atoms with Crippen molar-refractivity contribution >= 4 is 0 Å². The van der Waals surface area contributed by atoms with Crippen LogP contribution in [0.5, 0.6) is 0 Å². The van der Waals surface area contributed by atoms with Crippen molar-refractivity contribution in [1.29, 1.82) is 0 Å². The fourth-order valence-electron chi connectivity index (χ4n) is 4.75. The van der Waals surface area contributed by atoms with E-state index in [0.29, 0.717) is 5.92 Å². The van der Waals surface area contributed by atoms with Gasteiger partial charge in [-0.25, -0.2) is 0 Å². The minimum Gasteiger partial charge on any atom is -0.0617 e. The van der Waals surface area contributed by atoms with Gasteiger partial charge >= 0.3 is 0 Å². The van der Waals surface area contributed by atoms with Crippen molar-refractivity contribution in [3.8, 4) is 0 Å². The number of benzene rings is 2. The van der Waals surface area contributed by atoms with Crippen molar-refractivity contribution in [2.75, 3.05) is 0 Å². The van der Waals surface area contributed by atoms with Crippen LogP contribution in [0.1, 0.15) is 129 Å². The molecule has 0 bridgehead atoms.